The van der Waals surface area contributed by atoms with E-state index >= 15 is 0 Å². The average molecular weight is 292 g/mol. The summed E-state index contributed by atoms with van der Waals surface area (Å²) in [5.41, 5.74) is 1.45. The number of benzene rings is 1. The molecule has 1 N–H and O–H groups in total. The highest BCUT2D eigenvalue weighted by Gasteiger charge is 2.22. The first-order valence-corrected chi connectivity index (χ1v) is 7.53. The lowest BCUT2D eigenvalue weighted by Gasteiger charge is -2.22. The number of para-hydroxylation sites is 1. The number of nitrogens with one attached hydrogen (secondary N) is 1. The van der Waals surface area contributed by atoms with Crippen LogP contribution in [0.25, 0.3) is 11.0 Å². The highest BCUT2D eigenvalue weighted by Crippen LogP contribution is 2.30. The highest BCUT2D eigenvalue weighted by molar-refractivity contribution is 6.35. The Morgan fingerprint density at radius 2 is 2.05 bits per heavy atom. The number of fused-ring (bicyclic) bond motifs is 1. The standard InChI is InChI=1S/C16H18ClNO2/c1-10-12-8-5-9-13(17)15(12)20-14(10)16(19)18-11-6-3-2-4-7-11/h5,8-9,11H,2-4,6-7H2,1H3,(H,18,19). The largest absolute Gasteiger partial charge is 0.449 e. The van der Waals surface area contributed by atoms with E-state index in [4.69, 9.17) is 16.0 Å². The van der Waals surface area contributed by atoms with Gasteiger partial charge in [-0.05, 0) is 25.8 Å². The second kappa shape index (κ2) is 5.49. The molecule has 1 fully saturated rings. The molecule has 1 aliphatic carbocycles. The summed E-state index contributed by atoms with van der Waals surface area (Å²) in [6.07, 6.45) is 5.77. The monoisotopic (exact) mass is 291 g/mol. The number of carbonyl (C=O) groups excluding carboxylic acids is 1. The summed E-state index contributed by atoms with van der Waals surface area (Å²) in [6, 6.07) is 5.85. The quantitative estimate of drug-likeness (QED) is 0.888. The van der Waals surface area contributed by atoms with Gasteiger partial charge in [-0.25, -0.2) is 0 Å². The third-order valence-electron chi connectivity index (χ3n) is 4.06. The molecule has 3 nitrogen and oxygen atoms in total. The fourth-order valence-corrected chi connectivity index (χ4v) is 3.14. The molecule has 1 amide bonds. The van der Waals surface area contributed by atoms with Crippen molar-refractivity contribution in [3.8, 4) is 0 Å². The van der Waals surface area contributed by atoms with Gasteiger partial charge < -0.3 is 9.73 Å². The zero-order valence-electron chi connectivity index (χ0n) is 11.5. The normalized spacial score (nSPS) is 16.5. The van der Waals surface area contributed by atoms with Gasteiger partial charge in [0.1, 0.15) is 0 Å². The molecule has 20 heavy (non-hydrogen) atoms. The molecule has 106 valence electrons. The Kier molecular flexibility index (Phi) is 3.70. The molecule has 0 aliphatic heterocycles. The fourth-order valence-electron chi connectivity index (χ4n) is 2.92. The van der Waals surface area contributed by atoms with Gasteiger partial charge in [0.15, 0.2) is 11.3 Å². The van der Waals surface area contributed by atoms with Gasteiger partial charge in [-0.15, -0.1) is 0 Å². The maximum atomic E-state index is 12.4. The zero-order valence-corrected chi connectivity index (χ0v) is 12.3. The molecule has 0 unspecified atom stereocenters. The first-order valence-electron chi connectivity index (χ1n) is 7.15. The van der Waals surface area contributed by atoms with Crippen molar-refractivity contribution in [2.45, 2.75) is 45.1 Å². The van der Waals surface area contributed by atoms with Crippen LogP contribution in [0.5, 0.6) is 0 Å². The van der Waals surface area contributed by atoms with Crippen molar-refractivity contribution in [1.29, 1.82) is 0 Å². The lowest BCUT2D eigenvalue weighted by molar-refractivity contribution is 0.0901. The molecule has 0 bridgehead atoms. The average Bonchev–Trinajstić information content (AvgIpc) is 2.79. The predicted octanol–water partition coefficient (Wildman–Crippen LogP) is 4.46. The smallest absolute Gasteiger partial charge is 0.287 e. The van der Waals surface area contributed by atoms with Crippen molar-refractivity contribution in [2.24, 2.45) is 0 Å². The molecule has 1 aromatic heterocycles. The fraction of sp³-hybridized carbons (Fsp3) is 0.438. The molecule has 0 spiro atoms. The van der Waals surface area contributed by atoms with Crippen molar-refractivity contribution < 1.29 is 9.21 Å². The summed E-state index contributed by atoms with van der Waals surface area (Å²) in [5, 5.41) is 4.53. The van der Waals surface area contributed by atoms with Crippen LogP contribution in [0.4, 0.5) is 0 Å². The van der Waals surface area contributed by atoms with Crippen LogP contribution in [0, 0.1) is 6.92 Å². The number of hydrogen-bond acceptors (Lipinski definition) is 2. The Morgan fingerprint density at radius 3 is 2.75 bits per heavy atom. The Balaban J connectivity index is 1.87. The van der Waals surface area contributed by atoms with E-state index in [0.717, 1.165) is 23.8 Å². The van der Waals surface area contributed by atoms with E-state index in [0.29, 0.717) is 16.4 Å². The molecule has 2 aromatic rings. The lowest BCUT2D eigenvalue weighted by Crippen LogP contribution is -2.36. The Morgan fingerprint density at radius 1 is 1.30 bits per heavy atom. The minimum Gasteiger partial charge on any atom is -0.449 e. The van der Waals surface area contributed by atoms with Crippen LogP contribution < -0.4 is 5.32 Å². The lowest BCUT2D eigenvalue weighted by atomic mass is 9.95. The van der Waals surface area contributed by atoms with Crippen molar-refractivity contribution >= 4 is 28.5 Å². The Bertz CT molecular complexity index is 641. The van der Waals surface area contributed by atoms with Crippen LogP contribution >= 0.6 is 11.6 Å². The van der Waals surface area contributed by atoms with Gasteiger partial charge >= 0.3 is 0 Å². The summed E-state index contributed by atoms with van der Waals surface area (Å²) < 4.78 is 5.69. The summed E-state index contributed by atoms with van der Waals surface area (Å²) in [7, 11) is 0. The van der Waals surface area contributed by atoms with E-state index in [1.807, 2.05) is 19.1 Å². The van der Waals surface area contributed by atoms with Crippen molar-refractivity contribution in [3.63, 3.8) is 0 Å². The van der Waals surface area contributed by atoms with Crippen LogP contribution in [0.1, 0.15) is 48.2 Å². The SMILES string of the molecule is Cc1c(C(=O)NC2CCCCC2)oc2c(Cl)cccc12. The summed E-state index contributed by atoms with van der Waals surface area (Å²) in [4.78, 5) is 12.4. The van der Waals surface area contributed by atoms with Crippen molar-refractivity contribution in [2.75, 3.05) is 0 Å². The maximum Gasteiger partial charge on any atom is 0.287 e. The van der Waals surface area contributed by atoms with Crippen molar-refractivity contribution in [1.82, 2.24) is 5.32 Å². The number of hydrogen-bond donors (Lipinski definition) is 1. The first kappa shape index (κ1) is 13.5. The van der Waals surface area contributed by atoms with E-state index in [-0.39, 0.29) is 11.9 Å². The van der Waals surface area contributed by atoms with Gasteiger partial charge in [0.2, 0.25) is 0 Å². The van der Waals surface area contributed by atoms with Gasteiger partial charge in [-0.3, -0.25) is 4.79 Å². The third-order valence-corrected chi connectivity index (χ3v) is 4.36. The van der Waals surface area contributed by atoms with Gasteiger partial charge in [0.05, 0.1) is 5.02 Å². The molecule has 1 aromatic carbocycles. The van der Waals surface area contributed by atoms with E-state index < -0.39 is 0 Å². The molecular weight excluding hydrogens is 274 g/mol. The third kappa shape index (κ3) is 2.42. The molecule has 0 saturated heterocycles. The number of furan rings is 1. The van der Waals surface area contributed by atoms with Gasteiger partial charge in [0, 0.05) is 17.0 Å². The van der Waals surface area contributed by atoms with Crippen molar-refractivity contribution in [3.05, 3.63) is 34.5 Å². The van der Waals surface area contributed by atoms with E-state index in [1.54, 1.807) is 6.07 Å². The number of aryl methyl sites for hydroxylation is 1. The predicted molar refractivity (Wildman–Crippen MR) is 80.3 cm³/mol. The molecule has 3 rings (SSSR count). The summed E-state index contributed by atoms with van der Waals surface area (Å²) in [5.74, 6) is 0.264. The minimum atomic E-state index is -0.123. The molecule has 1 saturated carbocycles. The van der Waals surface area contributed by atoms with E-state index in [9.17, 15) is 4.79 Å². The Labute approximate surface area is 123 Å². The number of rotatable bonds is 2. The van der Waals surface area contributed by atoms with Crippen LogP contribution in [-0.4, -0.2) is 11.9 Å². The van der Waals surface area contributed by atoms with Gasteiger partial charge in [-0.1, -0.05) is 43.0 Å². The number of amides is 1. The zero-order chi connectivity index (χ0) is 14.1. The second-order valence-electron chi connectivity index (χ2n) is 5.48. The highest BCUT2D eigenvalue weighted by atomic mass is 35.5. The van der Waals surface area contributed by atoms with Gasteiger partial charge in [0.25, 0.3) is 5.91 Å². The molecular formula is C16H18ClNO2. The summed E-state index contributed by atoms with van der Waals surface area (Å²) >= 11 is 6.11. The molecule has 4 heteroatoms. The van der Waals surface area contributed by atoms with E-state index in [2.05, 4.69) is 5.32 Å². The molecule has 1 aliphatic rings. The first-order chi connectivity index (χ1) is 9.66. The van der Waals surface area contributed by atoms with Gasteiger partial charge in [-0.2, -0.15) is 0 Å². The topological polar surface area (TPSA) is 42.2 Å². The molecule has 1 heterocycles. The Hall–Kier alpha value is -1.48. The maximum absolute atomic E-state index is 12.4. The number of halogens is 1. The van der Waals surface area contributed by atoms with Crippen LogP contribution in [0.2, 0.25) is 5.02 Å². The molecule has 0 atom stereocenters. The minimum absolute atomic E-state index is 0.123. The van der Waals surface area contributed by atoms with E-state index in [1.165, 1.54) is 19.3 Å². The van der Waals surface area contributed by atoms with Crippen LogP contribution in [-0.2, 0) is 0 Å². The molecule has 0 radical (unpaired) electrons. The van der Waals surface area contributed by atoms with Crippen LogP contribution in [0.15, 0.2) is 22.6 Å². The second-order valence-corrected chi connectivity index (χ2v) is 5.89. The van der Waals surface area contributed by atoms with Crippen LogP contribution in [0.3, 0.4) is 0 Å². The summed E-state index contributed by atoms with van der Waals surface area (Å²) in [6.45, 7) is 1.90. The number of carbonyl (C=O) groups is 1.